The van der Waals surface area contributed by atoms with Crippen LogP contribution in [0.4, 0.5) is 0 Å². The zero-order chi connectivity index (χ0) is 18.2. The third-order valence-electron chi connectivity index (χ3n) is 3.97. The molecule has 0 aliphatic carbocycles. The second kappa shape index (κ2) is 10.7. The molecule has 2 N–H and O–H groups in total. The maximum atomic E-state index is 4.71. The van der Waals surface area contributed by atoms with Gasteiger partial charge in [-0.2, -0.15) is 5.10 Å². The summed E-state index contributed by atoms with van der Waals surface area (Å²) in [7, 11) is 0. The molecule has 7 heteroatoms. The summed E-state index contributed by atoms with van der Waals surface area (Å²) in [5.41, 5.74) is 2.30. The van der Waals surface area contributed by atoms with Crippen molar-refractivity contribution < 1.29 is 0 Å². The number of hydrogen-bond acceptors (Lipinski definition) is 3. The van der Waals surface area contributed by atoms with Crippen molar-refractivity contribution >= 4 is 29.9 Å². The molecule has 1 aromatic carbocycles. The Kier molecular flexibility index (Phi) is 8.25. The third kappa shape index (κ3) is 6.06. The van der Waals surface area contributed by atoms with Crippen LogP contribution in [0, 0.1) is 0 Å². The Balaban J connectivity index is 0.00000261. The van der Waals surface area contributed by atoms with Crippen LogP contribution in [-0.2, 0) is 6.54 Å². The first-order valence-corrected chi connectivity index (χ1v) is 8.81. The molecule has 0 aliphatic heterocycles. The highest BCUT2D eigenvalue weighted by Crippen LogP contribution is 2.11. The maximum Gasteiger partial charge on any atom is 0.192 e. The lowest BCUT2D eigenvalue weighted by Crippen LogP contribution is -2.38. The predicted molar refractivity (Wildman–Crippen MR) is 120 cm³/mol. The zero-order valence-corrected chi connectivity index (χ0v) is 17.9. The van der Waals surface area contributed by atoms with Crippen molar-refractivity contribution in [3.8, 4) is 5.82 Å². The maximum absolute atomic E-state index is 4.71. The molecule has 142 valence electrons. The average Bonchev–Trinajstić information content (AvgIpc) is 3.22. The Morgan fingerprint density at radius 1 is 1.15 bits per heavy atom. The average molecular weight is 476 g/mol. The van der Waals surface area contributed by atoms with Crippen LogP contribution in [0.1, 0.15) is 31.0 Å². The fourth-order valence-corrected chi connectivity index (χ4v) is 2.61. The number of hydrogen-bond donors (Lipinski definition) is 2. The summed E-state index contributed by atoms with van der Waals surface area (Å²) in [4.78, 5) is 9.06. The van der Waals surface area contributed by atoms with Crippen LogP contribution in [0.15, 0.2) is 72.1 Å². The van der Waals surface area contributed by atoms with Gasteiger partial charge in [-0.1, -0.05) is 30.3 Å². The summed E-state index contributed by atoms with van der Waals surface area (Å²) in [6.07, 6.45) is 5.40. The number of pyridine rings is 1. The highest BCUT2D eigenvalue weighted by Gasteiger charge is 2.07. The minimum absolute atomic E-state index is 0. The van der Waals surface area contributed by atoms with Crippen molar-refractivity contribution in [2.24, 2.45) is 4.99 Å². The molecule has 2 aromatic heterocycles. The van der Waals surface area contributed by atoms with Gasteiger partial charge >= 0.3 is 0 Å². The minimum Gasteiger partial charge on any atom is -0.357 e. The molecule has 0 radical (unpaired) electrons. The van der Waals surface area contributed by atoms with Crippen LogP contribution in [0.25, 0.3) is 5.82 Å². The predicted octanol–water partition coefficient (Wildman–Crippen LogP) is 3.70. The van der Waals surface area contributed by atoms with Crippen molar-refractivity contribution in [2.45, 2.75) is 26.4 Å². The highest BCUT2D eigenvalue weighted by atomic mass is 127. The summed E-state index contributed by atoms with van der Waals surface area (Å²) in [6, 6.07) is 16.4. The summed E-state index contributed by atoms with van der Waals surface area (Å²) < 4.78 is 1.74. The molecule has 3 aromatic rings. The quantitative estimate of drug-likeness (QED) is 0.324. The normalized spacial score (nSPS) is 12.1. The first-order chi connectivity index (χ1) is 12.8. The van der Waals surface area contributed by atoms with Gasteiger partial charge in [-0.15, -0.1) is 24.0 Å². The molecule has 1 atom stereocenters. The molecule has 0 bridgehead atoms. The molecule has 0 saturated carbocycles. The first-order valence-electron chi connectivity index (χ1n) is 8.81. The smallest absolute Gasteiger partial charge is 0.192 e. The summed E-state index contributed by atoms with van der Waals surface area (Å²) in [5, 5.41) is 11.0. The van der Waals surface area contributed by atoms with Crippen LogP contribution in [0.5, 0.6) is 0 Å². The fraction of sp³-hybridized carbons (Fsp3) is 0.250. The molecule has 27 heavy (non-hydrogen) atoms. The Bertz CT molecular complexity index is 833. The van der Waals surface area contributed by atoms with Gasteiger partial charge in [-0.05, 0) is 43.2 Å². The van der Waals surface area contributed by atoms with E-state index in [-0.39, 0.29) is 30.0 Å². The van der Waals surface area contributed by atoms with Gasteiger partial charge in [0.05, 0.1) is 12.6 Å². The lowest BCUT2D eigenvalue weighted by Gasteiger charge is -2.18. The van der Waals surface area contributed by atoms with Crippen LogP contribution in [0.3, 0.4) is 0 Å². The Morgan fingerprint density at radius 2 is 1.96 bits per heavy atom. The van der Waals surface area contributed by atoms with E-state index in [1.54, 1.807) is 17.1 Å². The van der Waals surface area contributed by atoms with E-state index in [4.69, 9.17) is 4.99 Å². The van der Waals surface area contributed by atoms with Crippen molar-refractivity contribution in [1.29, 1.82) is 0 Å². The number of rotatable bonds is 6. The van der Waals surface area contributed by atoms with E-state index in [9.17, 15) is 0 Å². The van der Waals surface area contributed by atoms with E-state index >= 15 is 0 Å². The largest absolute Gasteiger partial charge is 0.357 e. The second-order valence-corrected chi connectivity index (χ2v) is 5.94. The molecule has 2 heterocycles. The van der Waals surface area contributed by atoms with Gasteiger partial charge in [-0.25, -0.2) is 14.7 Å². The Morgan fingerprint density at radius 3 is 2.67 bits per heavy atom. The van der Waals surface area contributed by atoms with Gasteiger partial charge in [-0.3, -0.25) is 0 Å². The van der Waals surface area contributed by atoms with Gasteiger partial charge in [0.1, 0.15) is 0 Å². The lowest BCUT2D eigenvalue weighted by atomic mass is 10.1. The van der Waals surface area contributed by atoms with Crippen molar-refractivity contribution in [3.05, 3.63) is 78.2 Å². The van der Waals surface area contributed by atoms with E-state index in [2.05, 4.69) is 46.7 Å². The summed E-state index contributed by atoms with van der Waals surface area (Å²) >= 11 is 0. The molecule has 0 spiro atoms. The molecule has 3 rings (SSSR count). The lowest BCUT2D eigenvalue weighted by molar-refractivity contribution is 0.686. The SMILES string of the molecule is CCNC(=NCc1ccnc(-n2cccn2)c1)NC(C)c1ccccc1.I. The van der Waals surface area contributed by atoms with Crippen molar-refractivity contribution in [2.75, 3.05) is 6.54 Å². The number of benzene rings is 1. The monoisotopic (exact) mass is 476 g/mol. The molecule has 0 fully saturated rings. The van der Waals surface area contributed by atoms with Crippen LogP contribution in [0.2, 0.25) is 0 Å². The number of halogens is 1. The van der Waals surface area contributed by atoms with Crippen LogP contribution in [-0.4, -0.2) is 27.3 Å². The van der Waals surface area contributed by atoms with Gasteiger partial charge in [0, 0.05) is 25.1 Å². The van der Waals surface area contributed by atoms with E-state index < -0.39 is 0 Å². The van der Waals surface area contributed by atoms with Crippen LogP contribution < -0.4 is 10.6 Å². The van der Waals surface area contributed by atoms with Gasteiger partial charge in [0.2, 0.25) is 0 Å². The number of aliphatic imine (C=N–C) groups is 1. The standard InChI is InChI=1S/C20H24N6.HI/c1-3-21-20(25-16(2)18-8-5-4-6-9-18)23-15-17-10-12-22-19(14-17)26-13-7-11-24-26;/h4-14,16H,3,15H2,1-2H3,(H2,21,23,25);1H. The first kappa shape index (κ1) is 20.9. The van der Waals surface area contributed by atoms with Gasteiger partial charge in [0.25, 0.3) is 0 Å². The molecule has 1 unspecified atom stereocenters. The molecular weight excluding hydrogens is 451 g/mol. The number of nitrogens with one attached hydrogen (secondary N) is 2. The topological polar surface area (TPSA) is 67.1 Å². The Labute approximate surface area is 177 Å². The number of guanidine groups is 1. The van der Waals surface area contributed by atoms with E-state index in [0.29, 0.717) is 6.54 Å². The van der Waals surface area contributed by atoms with E-state index in [0.717, 1.165) is 23.9 Å². The molecule has 0 amide bonds. The van der Waals surface area contributed by atoms with Gasteiger partial charge < -0.3 is 10.6 Å². The second-order valence-electron chi connectivity index (χ2n) is 5.94. The summed E-state index contributed by atoms with van der Waals surface area (Å²) in [6.45, 7) is 5.56. The third-order valence-corrected chi connectivity index (χ3v) is 3.97. The van der Waals surface area contributed by atoms with Gasteiger partial charge in [0.15, 0.2) is 11.8 Å². The van der Waals surface area contributed by atoms with Crippen molar-refractivity contribution in [1.82, 2.24) is 25.4 Å². The van der Waals surface area contributed by atoms with Crippen LogP contribution >= 0.6 is 24.0 Å². The molecule has 6 nitrogen and oxygen atoms in total. The Hall–Kier alpha value is -2.42. The minimum atomic E-state index is 0. The van der Waals surface area contributed by atoms with Crippen molar-refractivity contribution in [3.63, 3.8) is 0 Å². The molecule has 0 aliphatic rings. The number of nitrogens with zero attached hydrogens (tertiary/aromatic N) is 4. The molecular formula is C20H25IN6. The van der Waals surface area contributed by atoms with E-state index in [1.165, 1.54) is 5.56 Å². The summed E-state index contributed by atoms with van der Waals surface area (Å²) in [5.74, 6) is 1.58. The fourth-order valence-electron chi connectivity index (χ4n) is 2.61. The number of aromatic nitrogens is 3. The highest BCUT2D eigenvalue weighted by molar-refractivity contribution is 14.0. The molecule has 0 saturated heterocycles. The van der Waals surface area contributed by atoms with E-state index in [1.807, 2.05) is 42.6 Å². The zero-order valence-electron chi connectivity index (χ0n) is 15.5.